The van der Waals surface area contributed by atoms with Crippen LogP contribution in [0.25, 0.3) is 11.6 Å². The van der Waals surface area contributed by atoms with Crippen LogP contribution in [0, 0.1) is 5.41 Å². The van der Waals surface area contributed by atoms with Crippen molar-refractivity contribution in [3.63, 3.8) is 0 Å². The summed E-state index contributed by atoms with van der Waals surface area (Å²) in [5.74, 6) is -1.91. The van der Waals surface area contributed by atoms with Gasteiger partial charge in [0.1, 0.15) is 0 Å². The molecule has 0 aliphatic carbocycles. The third-order valence-electron chi connectivity index (χ3n) is 4.80. The van der Waals surface area contributed by atoms with Crippen molar-refractivity contribution >= 4 is 23.6 Å². The monoisotopic (exact) mass is 392 g/mol. The maximum Gasteiger partial charge on any atom is 0.324 e. The van der Waals surface area contributed by atoms with Gasteiger partial charge < -0.3 is 9.84 Å². The quantitative estimate of drug-likeness (QED) is 0.178. The number of esters is 1. The second kappa shape index (κ2) is 11.0. The van der Waals surface area contributed by atoms with E-state index >= 15 is 0 Å². The number of rotatable bonds is 11. The van der Waals surface area contributed by atoms with Gasteiger partial charge in [0.15, 0.2) is 5.41 Å². The minimum Gasteiger partial charge on any atom is -0.480 e. The molecule has 1 atom stereocenters. The van der Waals surface area contributed by atoms with Gasteiger partial charge in [0.2, 0.25) is 0 Å². The Morgan fingerprint density at radius 3 is 2.24 bits per heavy atom. The standard InChI is InChI=1S/C25H28O4/c1-3-5-17-29-24(28)25(16-4-2,23(26)27)19-22(21-14-10-7-11-15-21)18-20-12-8-6-9-13-20/h4,6-15,18H,2-3,5,16-17,19H2,1H3,(H,26,27)/b22-18-. The molecule has 0 heterocycles. The van der Waals surface area contributed by atoms with E-state index in [2.05, 4.69) is 6.58 Å². The van der Waals surface area contributed by atoms with Gasteiger partial charge in [-0.1, -0.05) is 86.2 Å². The third kappa shape index (κ3) is 5.92. The minimum absolute atomic E-state index is 0.00768. The van der Waals surface area contributed by atoms with Gasteiger partial charge >= 0.3 is 11.9 Å². The van der Waals surface area contributed by atoms with Gasteiger partial charge in [-0.15, -0.1) is 6.58 Å². The molecule has 0 bridgehead atoms. The van der Waals surface area contributed by atoms with E-state index < -0.39 is 17.4 Å². The first kappa shape index (κ1) is 22.2. The van der Waals surface area contributed by atoms with E-state index in [-0.39, 0.29) is 19.4 Å². The third-order valence-corrected chi connectivity index (χ3v) is 4.80. The number of hydrogen-bond acceptors (Lipinski definition) is 3. The molecule has 2 rings (SSSR count). The molecule has 1 N–H and O–H groups in total. The van der Waals surface area contributed by atoms with E-state index in [0.29, 0.717) is 6.42 Å². The summed E-state index contributed by atoms with van der Waals surface area (Å²) in [4.78, 5) is 25.2. The predicted molar refractivity (Wildman–Crippen MR) is 116 cm³/mol. The normalized spacial score (nSPS) is 13.3. The summed E-state index contributed by atoms with van der Waals surface area (Å²) in [5.41, 5.74) is 0.843. The van der Waals surface area contributed by atoms with Crippen LogP contribution in [0.1, 0.15) is 43.7 Å². The Kier molecular flexibility index (Phi) is 8.41. The first-order valence-corrected chi connectivity index (χ1v) is 9.86. The van der Waals surface area contributed by atoms with E-state index in [1.54, 1.807) is 0 Å². The Labute approximate surface area is 172 Å². The van der Waals surface area contributed by atoms with Crippen molar-refractivity contribution in [1.82, 2.24) is 0 Å². The first-order valence-electron chi connectivity index (χ1n) is 9.86. The van der Waals surface area contributed by atoms with Crippen molar-refractivity contribution in [3.8, 4) is 0 Å². The zero-order valence-electron chi connectivity index (χ0n) is 16.8. The van der Waals surface area contributed by atoms with Crippen molar-refractivity contribution in [2.75, 3.05) is 6.61 Å². The van der Waals surface area contributed by atoms with Crippen molar-refractivity contribution in [1.29, 1.82) is 0 Å². The lowest BCUT2D eigenvalue weighted by molar-refractivity contribution is -0.168. The van der Waals surface area contributed by atoms with Crippen LogP contribution in [0.15, 0.2) is 73.3 Å². The van der Waals surface area contributed by atoms with Crippen molar-refractivity contribution in [3.05, 3.63) is 84.4 Å². The van der Waals surface area contributed by atoms with Gasteiger partial charge in [0.05, 0.1) is 6.61 Å². The molecule has 29 heavy (non-hydrogen) atoms. The topological polar surface area (TPSA) is 63.6 Å². The maximum absolute atomic E-state index is 12.9. The SMILES string of the molecule is C=CCC(C/C(=C/c1ccccc1)c1ccccc1)(C(=O)O)C(=O)OCCCC. The van der Waals surface area contributed by atoms with Crippen LogP contribution in [0.3, 0.4) is 0 Å². The van der Waals surface area contributed by atoms with Gasteiger partial charge in [-0.25, -0.2) is 0 Å². The van der Waals surface area contributed by atoms with E-state index in [9.17, 15) is 14.7 Å². The van der Waals surface area contributed by atoms with Crippen LogP contribution in [0.5, 0.6) is 0 Å². The maximum atomic E-state index is 12.9. The molecule has 0 aliphatic heterocycles. The molecular formula is C25H28O4. The summed E-state index contributed by atoms with van der Waals surface area (Å²) in [6, 6.07) is 19.2. The number of carboxylic acids is 1. The van der Waals surface area contributed by atoms with Gasteiger partial charge in [-0.3, -0.25) is 9.59 Å². The van der Waals surface area contributed by atoms with Crippen molar-refractivity contribution in [2.45, 2.75) is 32.6 Å². The van der Waals surface area contributed by atoms with Crippen LogP contribution in [-0.2, 0) is 14.3 Å². The van der Waals surface area contributed by atoms with Crippen LogP contribution in [0.4, 0.5) is 0 Å². The summed E-state index contributed by atoms with van der Waals surface area (Å²) in [7, 11) is 0. The van der Waals surface area contributed by atoms with Crippen LogP contribution in [0.2, 0.25) is 0 Å². The second-order valence-electron chi connectivity index (χ2n) is 6.99. The summed E-state index contributed by atoms with van der Waals surface area (Å²) in [6.07, 6.45) is 4.96. The highest BCUT2D eigenvalue weighted by Crippen LogP contribution is 2.38. The first-order chi connectivity index (χ1) is 14.0. The lowest BCUT2D eigenvalue weighted by Gasteiger charge is -2.27. The highest BCUT2D eigenvalue weighted by molar-refractivity contribution is 6.02. The number of hydrogen-bond donors (Lipinski definition) is 1. The lowest BCUT2D eigenvalue weighted by atomic mass is 9.76. The molecule has 4 nitrogen and oxygen atoms in total. The van der Waals surface area contributed by atoms with Crippen LogP contribution < -0.4 is 0 Å². The number of carbonyl (C=O) groups is 2. The zero-order chi connectivity index (χ0) is 21.1. The summed E-state index contributed by atoms with van der Waals surface area (Å²) >= 11 is 0. The van der Waals surface area contributed by atoms with Gasteiger partial charge in [-0.05, 0) is 29.5 Å². The molecule has 4 heteroatoms. The predicted octanol–water partition coefficient (Wildman–Crippen LogP) is 5.61. The van der Waals surface area contributed by atoms with E-state index in [1.807, 2.05) is 73.7 Å². The number of unbranched alkanes of at least 4 members (excludes halogenated alkanes) is 1. The summed E-state index contributed by atoms with van der Waals surface area (Å²) in [5, 5.41) is 10.1. The highest BCUT2D eigenvalue weighted by Gasteiger charge is 2.47. The number of aliphatic carboxylic acids is 1. The highest BCUT2D eigenvalue weighted by atomic mass is 16.5. The molecule has 2 aromatic carbocycles. The lowest BCUT2D eigenvalue weighted by Crippen LogP contribution is -2.41. The Hall–Kier alpha value is -3.14. The Balaban J connectivity index is 2.49. The minimum atomic E-state index is -1.72. The molecule has 152 valence electrons. The van der Waals surface area contributed by atoms with Gasteiger partial charge in [0.25, 0.3) is 0 Å². The molecule has 0 amide bonds. The van der Waals surface area contributed by atoms with Crippen molar-refractivity contribution in [2.24, 2.45) is 5.41 Å². The largest absolute Gasteiger partial charge is 0.480 e. The van der Waals surface area contributed by atoms with Crippen LogP contribution in [-0.4, -0.2) is 23.7 Å². The average molecular weight is 392 g/mol. The molecule has 0 aliphatic rings. The Morgan fingerprint density at radius 1 is 1.07 bits per heavy atom. The van der Waals surface area contributed by atoms with Crippen LogP contribution >= 0.6 is 0 Å². The van der Waals surface area contributed by atoms with Gasteiger partial charge in [0, 0.05) is 6.42 Å². The Bertz CT molecular complexity index is 840. The number of ether oxygens (including phenoxy) is 1. The fourth-order valence-electron chi connectivity index (χ4n) is 3.14. The number of allylic oxidation sites excluding steroid dienone is 2. The van der Waals surface area contributed by atoms with E-state index in [0.717, 1.165) is 23.1 Å². The molecular weight excluding hydrogens is 364 g/mol. The number of carbonyl (C=O) groups excluding carboxylic acids is 1. The molecule has 2 aromatic rings. The van der Waals surface area contributed by atoms with Gasteiger partial charge in [-0.2, -0.15) is 0 Å². The van der Waals surface area contributed by atoms with E-state index in [1.165, 1.54) is 6.08 Å². The summed E-state index contributed by atoms with van der Waals surface area (Å²) in [6.45, 7) is 5.88. The average Bonchev–Trinajstić information content (AvgIpc) is 2.74. The molecule has 0 saturated heterocycles. The molecule has 0 aromatic heterocycles. The fourth-order valence-corrected chi connectivity index (χ4v) is 3.14. The zero-order valence-corrected chi connectivity index (χ0v) is 16.8. The van der Waals surface area contributed by atoms with Crippen molar-refractivity contribution < 1.29 is 19.4 Å². The number of carboxylic acid groups (broad SMARTS) is 1. The number of benzene rings is 2. The fraction of sp³-hybridized carbons (Fsp3) is 0.280. The van der Waals surface area contributed by atoms with E-state index in [4.69, 9.17) is 4.74 Å². The smallest absolute Gasteiger partial charge is 0.324 e. The Morgan fingerprint density at radius 2 is 1.69 bits per heavy atom. The molecule has 0 saturated carbocycles. The molecule has 1 unspecified atom stereocenters. The summed E-state index contributed by atoms with van der Waals surface area (Å²) < 4.78 is 5.35. The molecule has 0 radical (unpaired) electrons. The second-order valence-corrected chi connectivity index (χ2v) is 6.99. The molecule has 0 spiro atoms. The molecule has 0 fully saturated rings.